The Morgan fingerprint density at radius 3 is 2.81 bits per heavy atom. The fourth-order valence-electron chi connectivity index (χ4n) is 3.43. The van der Waals surface area contributed by atoms with Crippen molar-refractivity contribution in [2.24, 2.45) is 5.92 Å². The molecular formula is C19H27N3O5. The second-order valence-corrected chi connectivity index (χ2v) is 6.92. The topological polar surface area (TPSA) is 91.3 Å². The Labute approximate surface area is 159 Å². The van der Waals surface area contributed by atoms with Crippen molar-refractivity contribution in [1.29, 1.82) is 0 Å². The first kappa shape index (κ1) is 19.4. The molecule has 1 aromatic carbocycles. The van der Waals surface area contributed by atoms with Crippen molar-refractivity contribution in [1.82, 2.24) is 15.1 Å². The van der Waals surface area contributed by atoms with Crippen LogP contribution in [0, 0.1) is 5.92 Å². The molecule has 8 nitrogen and oxygen atoms in total. The number of hydrogen-bond acceptors (Lipinski definition) is 6. The summed E-state index contributed by atoms with van der Waals surface area (Å²) in [5.74, 6) is 0.00373. The Kier molecular flexibility index (Phi) is 6.52. The van der Waals surface area contributed by atoms with Gasteiger partial charge in [0.2, 0.25) is 11.8 Å². The van der Waals surface area contributed by atoms with Gasteiger partial charge in [0.25, 0.3) is 0 Å². The molecule has 0 radical (unpaired) electrons. The predicted molar refractivity (Wildman–Crippen MR) is 98.5 cm³/mol. The zero-order valence-corrected chi connectivity index (χ0v) is 15.6. The number of hydrogen-bond donors (Lipinski definition) is 2. The molecule has 8 heteroatoms. The van der Waals surface area contributed by atoms with E-state index in [2.05, 4.69) is 10.2 Å². The number of amides is 2. The van der Waals surface area contributed by atoms with E-state index in [4.69, 9.17) is 9.47 Å². The Morgan fingerprint density at radius 2 is 2.11 bits per heavy atom. The lowest BCUT2D eigenvalue weighted by molar-refractivity contribution is -0.129. The normalized spacial score (nSPS) is 20.7. The lowest BCUT2D eigenvalue weighted by atomic mass is 10.1. The number of carbonyl (C=O) groups is 2. The Bertz CT molecular complexity index is 675. The first-order chi connectivity index (χ1) is 13.1. The van der Waals surface area contributed by atoms with Crippen LogP contribution in [-0.4, -0.2) is 79.8 Å². The minimum Gasteiger partial charge on any atom is -0.504 e. The van der Waals surface area contributed by atoms with E-state index in [1.165, 1.54) is 7.11 Å². The number of methoxy groups -OCH3 is 1. The molecule has 148 valence electrons. The summed E-state index contributed by atoms with van der Waals surface area (Å²) in [6, 6.07) is 5.00. The van der Waals surface area contributed by atoms with E-state index in [1.807, 2.05) is 0 Å². The molecule has 2 N–H and O–H groups in total. The molecule has 2 heterocycles. The second-order valence-electron chi connectivity index (χ2n) is 6.92. The van der Waals surface area contributed by atoms with Gasteiger partial charge in [-0.25, -0.2) is 0 Å². The number of aromatic hydroxyl groups is 1. The van der Waals surface area contributed by atoms with E-state index in [-0.39, 0.29) is 29.9 Å². The van der Waals surface area contributed by atoms with Crippen molar-refractivity contribution >= 4 is 11.8 Å². The molecule has 0 aromatic heterocycles. The molecule has 2 fully saturated rings. The van der Waals surface area contributed by atoms with Crippen molar-refractivity contribution in [2.75, 3.05) is 53.0 Å². The third kappa shape index (κ3) is 5.11. The molecule has 0 aliphatic carbocycles. The number of nitrogens with one attached hydrogen (secondary N) is 1. The number of phenols is 1. The third-order valence-electron chi connectivity index (χ3n) is 5.09. The van der Waals surface area contributed by atoms with E-state index >= 15 is 0 Å². The molecule has 2 aliphatic rings. The molecule has 2 aliphatic heterocycles. The van der Waals surface area contributed by atoms with Gasteiger partial charge >= 0.3 is 0 Å². The zero-order valence-electron chi connectivity index (χ0n) is 15.6. The van der Waals surface area contributed by atoms with Gasteiger partial charge in [0.1, 0.15) is 0 Å². The van der Waals surface area contributed by atoms with Gasteiger partial charge in [0.05, 0.1) is 26.2 Å². The lowest BCUT2D eigenvalue weighted by Gasteiger charge is -2.28. The van der Waals surface area contributed by atoms with Crippen molar-refractivity contribution in [3.8, 4) is 11.5 Å². The number of nitrogens with zero attached hydrogens (tertiary/aromatic N) is 2. The number of rotatable bonds is 7. The van der Waals surface area contributed by atoms with Gasteiger partial charge < -0.3 is 24.8 Å². The van der Waals surface area contributed by atoms with Gasteiger partial charge in [0.15, 0.2) is 11.5 Å². The number of carbonyl (C=O) groups excluding carboxylic acids is 2. The molecule has 0 spiro atoms. The standard InChI is InChI=1S/C19H27N3O5/c1-26-17-3-2-14(10-16(17)23)12-20-19(25)15-11-18(24)22(13-15)5-4-21-6-8-27-9-7-21/h2-3,10,15,23H,4-9,11-13H2,1H3,(H,20,25). The van der Waals surface area contributed by atoms with Crippen molar-refractivity contribution < 1.29 is 24.2 Å². The van der Waals surface area contributed by atoms with Crippen LogP contribution in [0.5, 0.6) is 11.5 Å². The summed E-state index contributed by atoms with van der Waals surface area (Å²) in [6.07, 6.45) is 0.253. The first-order valence-electron chi connectivity index (χ1n) is 9.28. The summed E-state index contributed by atoms with van der Waals surface area (Å²) in [7, 11) is 1.48. The van der Waals surface area contributed by atoms with Crippen molar-refractivity contribution in [3.05, 3.63) is 23.8 Å². The van der Waals surface area contributed by atoms with Gasteiger partial charge in [-0.2, -0.15) is 0 Å². The average molecular weight is 377 g/mol. The van der Waals surface area contributed by atoms with E-state index in [1.54, 1.807) is 23.1 Å². The molecule has 2 amide bonds. The zero-order chi connectivity index (χ0) is 19.2. The monoisotopic (exact) mass is 377 g/mol. The predicted octanol–water partition coefficient (Wildman–Crippen LogP) is 0.198. The van der Waals surface area contributed by atoms with Crippen LogP contribution in [0.25, 0.3) is 0 Å². The van der Waals surface area contributed by atoms with Crippen LogP contribution in [0.15, 0.2) is 18.2 Å². The Morgan fingerprint density at radius 1 is 1.33 bits per heavy atom. The van der Waals surface area contributed by atoms with Crippen LogP contribution in [0.2, 0.25) is 0 Å². The third-order valence-corrected chi connectivity index (χ3v) is 5.09. The van der Waals surface area contributed by atoms with E-state index in [0.717, 1.165) is 38.4 Å². The van der Waals surface area contributed by atoms with Crippen LogP contribution in [0.3, 0.4) is 0 Å². The van der Waals surface area contributed by atoms with Gasteiger partial charge in [-0.3, -0.25) is 14.5 Å². The highest BCUT2D eigenvalue weighted by Crippen LogP contribution is 2.26. The summed E-state index contributed by atoms with van der Waals surface area (Å²) in [6.45, 7) is 5.47. The van der Waals surface area contributed by atoms with Gasteiger partial charge in [-0.05, 0) is 17.7 Å². The Hall–Kier alpha value is -2.32. The summed E-state index contributed by atoms with van der Waals surface area (Å²) in [5, 5.41) is 12.7. The first-order valence-corrected chi connectivity index (χ1v) is 9.28. The van der Waals surface area contributed by atoms with Crippen LogP contribution in [0.1, 0.15) is 12.0 Å². The number of ether oxygens (including phenoxy) is 2. The SMILES string of the molecule is COc1ccc(CNC(=O)C2CC(=O)N(CCN3CCOCC3)C2)cc1O. The summed E-state index contributed by atoms with van der Waals surface area (Å²) in [5.41, 5.74) is 0.773. The smallest absolute Gasteiger partial charge is 0.225 e. The van der Waals surface area contributed by atoms with E-state index in [9.17, 15) is 14.7 Å². The highest BCUT2D eigenvalue weighted by Gasteiger charge is 2.34. The van der Waals surface area contributed by atoms with Gasteiger partial charge in [-0.1, -0.05) is 6.07 Å². The summed E-state index contributed by atoms with van der Waals surface area (Å²) >= 11 is 0. The minimum atomic E-state index is -0.325. The highest BCUT2D eigenvalue weighted by molar-refractivity contribution is 5.89. The summed E-state index contributed by atoms with van der Waals surface area (Å²) in [4.78, 5) is 28.7. The molecular weight excluding hydrogens is 350 g/mol. The Balaban J connectivity index is 1.45. The highest BCUT2D eigenvalue weighted by atomic mass is 16.5. The van der Waals surface area contributed by atoms with Gasteiger partial charge in [0, 0.05) is 45.7 Å². The van der Waals surface area contributed by atoms with Crippen LogP contribution in [-0.2, 0) is 20.9 Å². The fourth-order valence-corrected chi connectivity index (χ4v) is 3.43. The van der Waals surface area contributed by atoms with Crippen molar-refractivity contribution in [2.45, 2.75) is 13.0 Å². The molecule has 0 bridgehead atoms. The quantitative estimate of drug-likeness (QED) is 0.705. The van der Waals surface area contributed by atoms with Crippen LogP contribution < -0.4 is 10.1 Å². The molecule has 1 atom stereocenters. The van der Waals surface area contributed by atoms with Gasteiger partial charge in [-0.15, -0.1) is 0 Å². The molecule has 27 heavy (non-hydrogen) atoms. The number of likely N-dealkylation sites (tertiary alicyclic amines) is 1. The number of morpholine rings is 1. The minimum absolute atomic E-state index is 0.0329. The maximum atomic E-state index is 12.4. The van der Waals surface area contributed by atoms with Crippen LogP contribution in [0.4, 0.5) is 0 Å². The lowest BCUT2D eigenvalue weighted by Crippen LogP contribution is -2.42. The number of phenolic OH excluding ortho intramolecular Hbond substituents is 1. The molecule has 1 unspecified atom stereocenters. The molecule has 2 saturated heterocycles. The maximum absolute atomic E-state index is 12.4. The number of benzene rings is 1. The maximum Gasteiger partial charge on any atom is 0.225 e. The van der Waals surface area contributed by atoms with Crippen molar-refractivity contribution in [3.63, 3.8) is 0 Å². The molecule has 1 aromatic rings. The largest absolute Gasteiger partial charge is 0.504 e. The fraction of sp³-hybridized carbons (Fsp3) is 0.579. The summed E-state index contributed by atoms with van der Waals surface area (Å²) < 4.78 is 10.3. The van der Waals surface area contributed by atoms with Crippen LogP contribution >= 0.6 is 0 Å². The van der Waals surface area contributed by atoms with E-state index < -0.39 is 0 Å². The second kappa shape index (κ2) is 9.05. The molecule has 3 rings (SSSR count). The van der Waals surface area contributed by atoms with E-state index in [0.29, 0.717) is 25.4 Å². The average Bonchev–Trinajstić information content (AvgIpc) is 3.06. The molecule has 0 saturated carbocycles.